The molecule has 0 atom stereocenters. The van der Waals surface area contributed by atoms with Gasteiger partial charge in [-0.1, -0.05) is 6.07 Å². The van der Waals surface area contributed by atoms with E-state index >= 15 is 0 Å². The average molecular weight is 322 g/mol. The number of halogens is 1. The summed E-state index contributed by atoms with van der Waals surface area (Å²) in [6.07, 6.45) is 1.70. The fourth-order valence-electron chi connectivity index (χ4n) is 1.56. The summed E-state index contributed by atoms with van der Waals surface area (Å²) in [5, 5.41) is 8.95. The maximum absolute atomic E-state index is 10.9. The second kappa shape index (κ2) is 5.84. The van der Waals surface area contributed by atoms with Crippen molar-refractivity contribution in [3.8, 4) is 5.75 Å². The average Bonchev–Trinajstić information content (AvgIpc) is 2.39. The van der Waals surface area contributed by atoms with Crippen molar-refractivity contribution in [1.29, 1.82) is 0 Å². The Kier molecular flexibility index (Phi) is 4.16. The van der Waals surface area contributed by atoms with E-state index in [9.17, 15) is 4.79 Å². The Hall–Kier alpha value is -1.88. The molecule has 98 valence electrons. The lowest BCUT2D eigenvalue weighted by Crippen LogP contribution is -2.02. The summed E-state index contributed by atoms with van der Waals surface area (Å²) in [5.41, 5.74) is 2.05. The van der Waals surface area contributed by atoms with Crippen molar-refractivity contribution >= 4 is 21.9 Å². The van der Waals surface area contributed by atoms with Crippen LogP contribution in [0.25, 0.3) is 0 Å². The lowest BCUT2D eigenvalue weighted by Gasteiger charge is -2.10. The van der Waals surface area contributed by atoms with E-state index in [1.54, 1.807) is 12.3 Å². The van der Waals surface area contributed by atoms with Gasteiger partial charge in [0.1, 0.15) is 12.4 Å². The zero-order chi connectivity index (χ0) is 13.8. The van der Waals surface area contributed by atoms with Gasteiger partial charge >= 0.3 is 5.97 Å². The Labute approximate surface area is 119 Å². The van der Waals surface area contributed by atoms with Crippen LogP contribution in [-0.4, -0.2) is 16.1 Å². The number of hydrogen-bond acceptors (Lipinski definition) is 3. The second-order valence-corrected chi connectivity index (χ2v) is 4.86. The zero-order valence-corrected chi connectivity index (χ0v) is 11.8. The fourth-order valence-corrected chi connectivity index (χ4v) is 1.92. The molecule has 0 saturated heterocycles. The highest BCUT2D eigenvalue weighted by Crippen LogP contribution is 2.27. The van der Waals surface area contributed by atoms with E-state index in [-0.39, 0.29) is 5.56 Å². The molecule has 5 heteroatoms. The number of aromatic nitrogens is 1. The van der Waals surface area contributed by atoms with Gasteiger partial charge in [-0.15, -0.1) is 0 Å². The number of carbonyl (C=O) groups is 1. The summed E-state index contributed by atoms with van der Waals surface area (Å²) in [5.74, 6) is -0.490. The van der Waals surface area contributed by atoms with Gasteiger partial charge in [0.25, 0.3) is 0 Å². The summed E-state index contributed by atoms with van der Waals surface area (Å²) in [6.45, 7) is 2.25. The van der Waals surface area contributed by atoms with E-state index < -0.39 is 5.97 Å². The summed E-state index contributed by atoms with van der Waals surface area (Å²) >= 11 is 3.33. The third kappa shape index (κ3) is 3.32. The van der Waals surface area contributed by atoms with Crippen LogP contribution in [0.4, 0.5) is 0 Å². The number of aromatic carboxylic acids is 1. The van der Waals surface area contributed by atoms with Crippen LogP contribution in [0.15, 0.2) is 41.0 Å². The van der Waals surface area contributed by atoms with Crippen LogP contribution in [0.3, 0.4) is 0 Å². The first-order valence-corrected chi connectivity index (χ1v) is 6.43. The van der Waals surface area contributed by atoms with E-state index in [2.05, 4.69) is 20.9 Å². The van der Waals surface area contributed by atoms with Crippen LogP contribution in [0.5, 0.6) is 5.75 Å². The molecule has 0 amide bonds. The molecule has 0 aliphatic carbocycles. The van der Waals surface area contributed by atoms with E-state index in [4.69, 9.17) is 9.84 Å². The van der Waals surface area contributed by atoms with Crippen molar-refractivity contribution in [2.45, 2.75) is 13.5 Å². The van der Waals surface area contributed by atoms with Crippen LogP contribution in [0, 0.1) is 6.92 Å². The van der Waals surface area contributed by atoms with Crippen LogP contribution < -0.4 is 4.74 Å². The highest BCUT2D eigenvalue weighted by molar-refractivity contribution is 9.10. The van der Waals surface area contributed by atoms with Crippen LogP contribution >= 0.6 is 15.9 Å². The van der Waals surface area contributed by atoms with Gasteiger partial charge in [0.05, 0.1) is 15.7 Å². The van der Waals surface area contributed by atoms with Gasteiger partial charge in [-0.25, -0.2) is 4.79 Å². The van der Waals surface area contributed by atoms with Gasteiger partial charge in [-0.3, -0.25) is 4.98 Å². The molecule has 0 radical (unpaired) electrons. The number of hydrogen-bond donors (Lipinski definition) is 1. The minimum Gasteiger partial charge on any atom is -0.486 e. The van der Waals surface area contributed by atoms with Crippen LogP contribution in [0.1, 0.15) is 21.6 Å². The number of benzene rings is 1. The second-order valence-electron chi connectivity index (χ2n) is 4.01. The van der Waals surface area contributed by atoms with Crippen molar-refractivity contribution in [3.63, 3.8) is 0 Å². The molecule has 2 rings (SSSR count). The minimum atomic E-state index is -0.980. The molecule has 0 fully saturated rings. The van der Waals surface area contributed by atoms with Crippen molar-refractivity contribution in [2.75, 3.05) is 0 Å². The van der Waals surface area contributed by atoms with E-state index in [0.717, 1.165) is 11.3 Å². The van der Waals surface area contributed by atoms with Gasteiger partial charge in [0, 0.05) is 6.20 Å². The molecule has 0 aliphatic rings. The lowest BCUT2D eigenvalue weighted by molar-refractivity contribution is 0.0696. The van der Waals surface area contributed by atoms with E-state index in [0.29, 0.717) is 16.8 Å². The molecule has 0 aliphatic heterocycles. The highest BCUT2D eigenvalue weighted by atomic mass is 79.9. The van der Waals surface area contributed by atoms with Gasteiger partial charge in [-0.2, -0.15) is 0 Å². The number of ether oxygens (including phenoxy) is 1. The van der Waals surface area contributed by atoms with Crippen molar-refractivity contribution in [3.05, 3.63) is 57.8 Å². The van der Waals surface area contributed by atoms with Gasteiger partial charge in [0.2, 0.25) is 0 Å². The third-order valence-electron chi connectivity index (χ3n) is 2.66. The first-order valence-electron chi connectivity index (χ1n) is 5.64. The normalized spacial score (nSPS) is 10.2. The standard InChI is InChI=1S/C14H12BrNO3/c1-9-3-2-6-16-12(9)8-19-13-7-10(14(17)18)4-5-11(13)15/h2-7H,8H2,1H3,(H,17,18). The Morgan fingerprint density at radius 2 is 2.21 bits per heavy atom. The smallest absolute Gasteiger partial charge is 0.335 e. The molecular formula is C14H12BrNO3. The molecule has 19 heavy (non-hydrogen) atoms. The monoisotopic (exact) mass is 321 g/mol. The van der Waals surface area contributed by atoms with Gasteiger partial charge < -0.3 is 9.84 Å². The number of nitrogens with zero attached hydrogens (tertiary/aromatic N) is 1. The number of aryl methyl sites for hydroxylation is 1. The van der Waals surface area contributed by atoms with E-state index in [1.807, 2.05) is 19.1 Å². The van der Waals surface area contributed by atoms with Gasteiger partial charge in [0.15, 0.2) is 0 Å². The Morgan fingerprint density at radius 3 is 2.89 bits per heavy atom. The quantitative estimate of drug-likeness (QED) is 0.937. The third-order valence-corrected chi connectivity index (χ3v) is 3.32. The molecule has 1 heterocycles. The molecule has 0 saturated carbocycles. The summed E-state index contributed by atoms with van der Waals surface area (Å²) in [6, 6.07) is 8.48. The lowest BCUT2D eigenvalue weighted by atomic mass is 10.2. The van der Waals surface area contributed by atoms with Gasteiger partial charge in [-0.05, 0) is 52.7 Å². The molecule has 1 N–H and O–H groups in total. The number of carboxylic acids is 1. The maximum atomic E-state index is 10.9. The fraction of sp³-hybridized carbons (Fsp3) is 0.143. The molecular weight excluding hydrogens is 310 g/mol. The van der Waals surface area contributed by atoms with Crippen LogP contribution in [0.2, 0.25) is 0 Å². The van der Waals surface area contributed by atoms with Crippen LogP contribution in [-0.2, 0) is 6.61 Å². The molecule has 4 nitrogen and oxygen atoms in total. The Balaban J connectivity index is 2.17. The molecule has 1 aromatic carbocycles. The Bertz CT molecular complexity index is 613. The molecule has 0 spiro atoms. The largest absolute Gasteiger partial charge is 0.486 e. The molecule has 2 aromatic rings. The highest BCUT2D eigenvalue weighted by Gasteiger charge is 2.09. The molecule has 0 bridgehead atoms. The summed E-state index contributed by atoms with van der Waals surface area (Å²) < 4.78 is 6.34. The van der Waals surface area contributed by atoms with Crippen molar-refractivity contribution in [2.24, 2.45) is 0 Å². The number of rotatable bonds is 4. The molecule has 1 aromatic heterocycles. The molecule has 0 unspecified atom stereocenters. The summed E-state index contributed by atoms with van der Waals surface area (Å²) in [4.78, 5) is 15.1. The Morgan fingerprint density at radius 1 is 1.42 bits per heavy atom. The number of carboxylic acid groups (broad SMARTS) is 1. The first kappa shape index (κ1) is 13.5. The summed E-state index contributed by atoms with van der Waals surface area (Å²) in [7, 11) is 0. The van der Waals surface area contributed by atoms with Crippen molar-refractivity contribution < 1.29 is 14.6 Å². The SMILES string of the molecule is Cc1cccnc1COc1cc(C(=O)O)ccc1Br. The predicted molar refractivity (Wildman–Crippen MR) is 74.4 cm³/mol. The van der Waals surface area contributed by atoms with Crippen molar-refractivity contribution in [1.82, 2.24) is 4.98 Å². The predicted octanol–water partition coefficient (Wildman–Crippen LogP) is 3.43. The minimum absolute atomic E-state index is 0.191. The first-order chi connectivity index (χ1) is 9.08. The maximum Gasteiger partial charge on any atom is 0.335 e. The van der Waals surface area contributed by atoms with E-state index in [1.165, 1.54) is 12.1 Å². The topological polar surface area (TPSA) is 59.4 Å². The zero-order valence-electron chi connectivity index (χ0n) is 10.3. The number of pyridine rings is 1.